The van der Waals surface area contributed by atoms with E-state index in [1.807, 2.05) is 13.8 Å². The van der Waals surface area contributed by atoms with Crippen molar-refractivity contribution in [2.75, 3.05) is 6.61 Å². The number of aliphatic hydroxyl groups excluding tert-OH is 2. The first-order chi connectivity index (χ1) is 6.47. The standard InChI is InChI=1S/C10H22O4/c1-7(2)13-10(5-6-11)14-9(4)8(3)12/h7-12H,5-6H2,1-4H3. The van der Waals surface area contributed by atoms with E-state index in [9.17, 15) is 5.11 Å². The normalized spacial score (nSPS) is 18.2. The zero-order valence-corrected chi connectivity index (χ0v) is 9.43. The Hall–Kier alpha value is -0.160. The van der Waals surface area contributed by atoms with Gasteiger partial charge in [-0.15, -0.1) is 0 Å². The Bertz CT molecular complexity index is 136. The van der Waals surface area contributed by atoms with Crippen LogP contribution >= 0.6 is 0 Å². The second-order valence-electron chi connectivity index (χ2n) is 3.71. The lowest BCUT2D eigenvalue weighted by Crippen LogP contribution is -2.32. The van der Waals surface area contributed by atoms with E-state index in [2.05, 4.69) is 0 Å². The third kappa shape index (κ3) is 6.32. The Kier molecular flexibility index (Phi) is 7.09. The summed E-state index contributed by atoms with van der Waals surface area (Å²) in [6, 6.07) is 0. The molecule has 86 valence electrons. The Morgan fingerprint density at radius 2 is 1.64 bits per heavy atom. The molecular weight excluding hydrogens is 184 g/mol. The van der Waals surface area contributed by atoms with E-state index >= 15 is 0 Å². The van der Waals surface area contributed by atoms with E-state index in [0.717, 1.165) is 0 Å². The molecule has 3 atom stereocenters. The maximum absolute atomic E-state index is 9.23. The van der Waals surface area contributed by atoms with E-state index < -0.39 is 12.4 Å². The number of ether oxygens (including phenoxy) is 2. The van der Waals surface area contributed by atoms with Crippen LogP contribution in [-0.2, 0) is 9.47 Å². The highest BCUT2D eigenvalue weighted by Gasteiger charge is 2.17. The lowest BCUT2D eigenvalue weighted by atomic mass is 10.2. The summed E-state index contributed by atoms with van der Waals surface area (Å²) in [5.74, 6) is 0. The number of hydrogen-bond acceptors (Lipinski definition) is 4. The molecule has 0 aromatic heterocycles. The van der Waals surface area contributed by atoms with Gasteiger partial charge in [0.1, 0.15) is 0 Å². The van der Waals surface area contributed by atoms with Crippen molar-refractivity contribution in [1.82, 2.24) is 0 Å². The van der Waals surface area contributed by atoms with Crippen LogP contribution in [0.25, 0.3) is 0 Å². The largest absolute Gasteiger partial charge is 0.396 e. The van der Waals surface area contributed by atoms with Crippen LogP contribution in [0.4, 0.5) is 0 Å². The molecule has 0 aromatic carbocycles. The molecule has 0 aliphatic carbocycles. The van der Waals surface area contributed by atoms with Crippen molar-refractivity contribution in [3.8, 4) is 0 Å². The van der Waals surface area contributed by atoms with Crippen molar-refractivity contribution in [3.63, 3.8) is 0 Å². The smallest absolute Gasteiger partial charge is 0.160 e. The van der Waals surface area contributed by atoms with Gasteiger partial charge in [-0.2, -0.15) is 0 Å². The Labute approximate surface area is 85.8 Å². The van der Waals surface area contributed by atoms with Crippen LogP contribution in [0.15, 0.2) is 0 Å². The van der Waals surface area contributed by atoms with Crippen LogP contribution in [-0.4, -0.2) is 41.4 Å². The van der Waals surface area contributed by atoms with E-state index in [0.29, 0.717) is 6.42 Å². The summed E-state index contributed by atoms with van der Waals surface area (Å²) in [7, 11) is 0. The minimum absolute atomic E-state index is 0.0178. The van der Waals surface area contributed by atoms with Gasteiger partial charge < -0.3 is 19.7 Å². The van der Waals surface area contributed by atoms with Crippen LogP contribution in [0, 0.1) is 0 Å². The first-order valence-corrected chi connectivity index (χ1v) is 5.07. The summed E-state index contributed by atoms with van der Waals surface area (Å²) in [4.78, 5) is 0. The minimum Gasteiger partial charge on any atom is -0.396 e. The molecular formula is C10H22O4. The molecule has 0 bridgehead atoms. The van der Waals surface area contributed by atoms with Gasteiger partial charge in [0.25, 0.3) is 0 Å². The van der Waals surface area contributed by atoms with Gasteiger partial charge in [-0.25, -0.2) is 0 Å². The molecule has 0 amide bonds. The molecule has 0 fully saturated rings. The van der Waals surface area contributed by atoms with Gasteiger partial charge >= 0.3 is 0 Å². The summed E-state index contributed by atoms with van der Waals surface area (Å²) < 4.78 is 10.8. The van der Waals surface area contributed by atoms with E-state index in [1.165, 1.54) is 0 Å². The summed E-state index contributed by atoms with van der Waals surface area (Å²) in [5, 5.41) is 18.0. The van der Waals surface area contributed by atoms with Crippen LogP contribution in [0.5, 0.6) is 0 Å². The fourth-order valence-corrected chi connectivity index (χ4v) is 0.930. The van der Waals surface area contributed by atoms with Crippen LogP contribution in [0.2, 0.25) is 0 Å². The third-order valence-electron chi connectivity index (χ3n) is 1.83. The minimum atomic E-state index is -0.535. The highest BCUT2D eigenvalue weighted by molar-refractivity contribution is 4.59. The van der Waals surface area contributed by atoms with E-state index in [1.54, 1.807) is 13.8 Å². The van der Waals surface area contributed by atoms with E-state index in [-0.39, 0.29) is 18.8 Å². The second-order valence-corrected chi connectivity index (χ2v) is 3.71. The third-order valence-corrected chi connectivity index (χ3v) is 1.83. The molecule has 0 aromatic rings. The van der Waals surface area contributed by atoms with Crippen molar-refractivity contribution in [2.45, 2.75) is 58.7 Å². The average molecular weight is 206 g/mol. The summed E-state index contributed by atoms with van der Waals surface area (Å²) >= 11 is 0. The van der Waals surface area contributed by atoms with Gasteiger partial charge in [0.15, 0.2) is 6.29 Å². The fourth-order valence-electron chi connectivity index (χ4n) is 0.930. The zero-order valence-electron chi connectivity index (χ0n) is 9.43. The molecule has 0 aliphatic rings. The maximum atomic E-state index is 9.23. The SMILES string of the molecule is CC(C)OC(CCO)OC(C)C(C)O. The Morgan fingerprint density at radius 1 is 1.07 bits per heavy atom. The van der Waals surface area contributed by atoms with Crippen molar-refractivity contribution >= 4 is 0 Å². The first kappa shape index (κ1) is 13.8. The molecule has 0 spiro atoms. The van der Waals surface area contributed by atoms with Gasteiger partial charge in [-0.05, 0) is 27.7 Å². The fraction of sp³-hybridized carbons (Fsp3) is 1.00. The van der Waals surface area contributed by atoms with Crippen molar-refractivity contribution in [1.29, 1.82) is 0 Å². The highest BCUT2D eigenvalue weighted by Crippen LogP contribution is 2.09. The average Bonchev–Trinajstić information content (AvgIpc) is 2.02. The zero-order chi connectivity index (χ0) is 11.1. The second kappa shape index (κ2) is 7.17. The molecule has 0 radical (unpaired) electrons. The molecule has 3 unspecified atom stereocenters. The van der Waals surface area contributed by atoms with Crippen molar-refractivity contribution in [3.05, 3.63) is 0 Å². The van der Waals surface area contributed by atoms with Gasteiger partial charge in [-0.1, -0.05) is 0 Å². The predicted molar refractivity (Wildman–Crippen MR) is 53.9 cm³/mol. The Morgan fingerprint density at radius 3 is 2.00 bits per heavy atom. The van der Waals surface area contributed by atoms with Gasteiger partial charge in [-0.3, -0.25) is 0 Å². The van der Waals surface area contributed by atoms with Gasteiger partial charge in [0, 0.05) is 13.0 Å². The van der Waals surface area contributed by atoms with Crippen LogP contribution < -0.4 is 0 Å². The maximum Gasteiger partial charge on any atom is 0.160 e. The topological polar surface area (TPSA) is 58.9 Å². The molecule has 2 N–H and O–H groups in total. The number of hydrogen-bond donors (Lipinski definition) is 2. The van der Waals surface area contributed by atoms with E-state index in [4.69, 9.17) is 14.6 Å². The lowest BCUT2D eigenvalue weighted by molar-refractivity contribution is -0.205. The van der Waals surface area contributed by atoms with Crippen LogP contribution in [0.1, 0.15) is 34.1 Å². The number of rotatable bonds is 7. The quantitative estimate of drug-likeness (QED) is 0.608. The summed E-state index contributed by atoms with van der Waals surface area (Å²) in [6.45, 7) is 7.26. The molecule has 0 heterocycles. The number of aliphatic hydroxyl groups is 2. The molecule has 14 heavy (non-hydrogen) atoms. The lowest BCUT2D eigenvalue weighted by Gasteiger charge is -2.25. The predicted octanol–water partition coefficient (Wildman–Crippen LogP) is 0.906. The Balaban J connectivity index is 3.94. The first-order valence-electron chi connectivity index (χ1n) is 5.07. The van der Waals surface area contributed by atoms with Crippen molar-refractivity contribution < 1.29 is 19.7 Å². The van der Waals surface area contributed by atoms with Gasteiger partial charge in [0.05, 0.1) is 18.3 Å². The molecule has 4 nitrogen and oxygen atoms in total. The molecule has 4 heteroatoms. The molecule has 0 saturated heterocycles. The molecule has 0 aliphatic heterocycles. The highest BCUT2D eigenvalue weighted by atomic mass is 16.7. The molecule has 0 rings (SSSR count). The van der Waals surface area contributed by atoms with Crippen LogP contribution in [0.3, 0.4) is 0 Å². The summed E-state index contributed by atoms with van der Waals surface area (Å²) in [6.07, 6.45) is -0.787. The van der Waals surface area contributed by atoms with Gasteiger partial charge in [0.2, 0.25) is 0 Å². The molecule has 0 saturated carbocycles. The monoisotopic (exact) mass is 206 g/mol. The van der Waals surface area contributed by atoms with Crippen molar-refractivity contribution in [2.24, 2.45) is 0 Å². The summed E-state index contributed by atoms with van der Waals surface area (Å²) in [5.41, 5.74) is 0.